The molecular weight excluding hydrogens is 274 g/mol. The molecule has 3 aliphatic rings. The summed E-state index contributed by atoms with van der Waals surface area (Å²) in [6, 6.07) is 0.768. The monoisotopic (exact) mass is 301 g/mol. The summed E-state index contributed by atoms with van der Waals surface area (Å²) in [5, 5.41) is 3.49. The van der Waals surface area contributed by atoms with Crippen molar-refractivity contribution >= 4 is 10.2 Å². The van der Waals surface area contributed by atoms with Crippen molar-refractivity contribution in [1.29, 1.82) is 0 Å². The summed E-state index contributed by atoms with van der Waals surface area (Å²) in [5.74, 6) is 0. The molecule has 1 aliphatic heterocycles. The molecule has 3 rings (SSSR count). The number of hydrogen-bond acceptors (Lipinski definition) is 3. The highest BCUT2D eigenvalue weighted by Crippen LogP contribution is 2.33. The van der Waals surface area contributed by atoms with Crippen LogP contribution >= 0.6 is 0 Å². The summed E-state index contributed by atoms with van der Waals surface area (Å²) in [5.41, 5.74) is -0.204. The summed E-state index contributed by atoms with van der Waals surface area (Å²) in [7, 11) is -3.34. The molecule has 2 aliphatic carbocycles. The van der Waals surface area contributed by atoms with E-state index in [9.17, 15) is 8.42 Å². The molecule has 116 valence electrons. The maximum atomic E-state index is 12.7. The van der Waals surface area contributed by atoms with E-state index in [1.54, 1.807) is 4.31 Å². The number of nitrogens with one attached hydrogen (secondary N) is 2. The van der Waals surface area contributed by atoms with Gasteiger partial charge in [-0.2, -0.15) is 17.4 Å². The zero-order valence-electron chi connectivity index (χ0n) is 12.4. The molecule has 0 amide bonds. The first-order valence-electron chi connectivity index (χ1n) is 8.03. The highest BCUT2D eigenvalue weighted by Gasteiger charge is 2.40. The van der Waals surface area contributed by atoms with E-state index in [1.165, 1.54) is 12.8 Å². The zero-order chi connectivity index (χ0) is 14.2. The third-order valence-corrected chi connectivity index (χ3v) is 6.78. The fourth-order valence-corrected chi connectivity index (χ4v) is 5.15. The summed E-state index contributed by atoms with van der Waals surface area (Å²) < 4.78 is 30.0. The van der Waals surface area contributed by atoms with Crippen LogP contribution in [0, 0.1) is 0 Å². The van der Waals surface area contributed by atoms with Gasteiger partial charge in [-0.3, -0.25) is 0 Å². The van der Waals surface area contributed by atoms with Gasteiger partial charge in [-0.1, -0.05) is 6.42 Å². The van der Waals surface area contributed by atoms with Crippen LogP contribution in [0.15, 0.2) is 0 Å². The van der Waals surface area contributed by atoms with Gasteiger partial charge in [-0.25, -0.2) is 0 Å². The van der Waals surface area contributed by atoms with E-state index < -0.39 is 10.2 Å². The summed E-state index contributed by atoms with van der Waals surface area (Å²) in [6.07, 6.45) is 8.66. The van der Waals surface area contributed by atoms with Gasteiger partial charge in [0, 0.05) is 30.7 Å². The Hall–Kier alpha value is -0.170. The average molecular weight is 301 g/mol. The standard InChI is InChI=1S/C14H27N3O2S/c1-14(8-4-9-14)16-20(18,19)17-10-3-2-5-13(17)11-15-12-6-7-12/h12-13,15-16H,2-11H2,1H3. The van der Waals surface area contributed by atoms with Crippen molar-refractivity contribution < 1.29 is 8.42 Å². The molecule has 2 saturated carbocycles. The molecule has 1 atom stereocenters. The SMILES string of the molecule is CC1(NS(=O)(=O)N2CCCCC2CNC2CC2)CCC1. The van der Waals surface area contributed by atoms with Crippen LogP contribution in [0.4, 0.5) is 0 Å². The van der Waals surface area contributed by atoms with Gasteiger partial charge in [-0.15, -0.1) is 0 Å². The highest BCUT2D eigenvalue weighted by atomic mass is 32.2. The molecule has 1 unspecified atom stereocenters. The highest BCUT2D eigenvalue weighted by molar-refractivity contribution is 7.87. The molecule has 0 aromatic heterocycles. The molecule has 20 heavy (non-hydrogen) atoms. The lowest BCUT2D eigenvalue weighted by molar-refractivity contribution is 0.213. The van der Waals surface area contributed by atoms with Gasteiger partial charge >= 0.3 is 0 Å². The van der Waals surface area contributed by atoms with Crippen LogP contribution in [0.5, 0.6) is 0 Å². The first-order valence-corrected chi connectivity index (χ1v) is 9.47. The van der Waals surface area contributed by atoms with Gasteiger partial charge in [0.1, 0.15) is 0 Å². The van der Waals surface area contributed by atoms with Gasteiger partial charge in [0.05, 0.1) is 0 Å². The van der Waals surface area contributed by atoms with Gasteiger partial charge in [0.2, 0.25) is 0 Å². The second kappa shape index (κ2) is 5.55. The van der Waals surface area contributed by atoms with Crippen molar-refractivity contribution in [3.8, 4) is 0 Å². The molecule has 5 nitrogen and oxygen atoms in total. The molecule has 0 bridgehead atoms. The van der Waals surface area contributed by atoms with E-state index in [-0.39, 0.29) is 11.6 Å². The van der Waals surface area contributed by atoms with Gasteiger partial charge < -0.3 is 5.32 Å². The Morgan fingerprint density at radius 3 is 2.50 bits per heavy atom. The van der Waals surface area contributed by atoms with Crippen LogP contribution in [0.1, 0.15) is 58.3 Å². The molecule has 3 fully saturated rings. The number of hydrogen-bond donors (Lipinski definition) is 2. The second-order valence-corrected chi connectivity index (χ2v) is 8.59. The third-order valence-electron chi connectivity index (χ3n) is 4.93. The molecule has 0 radical (unpaired) electrons. The van der Waals surface area contributed by atoms with Crippen LogP contribution < -0.4 is 10.0 Å². The molecule has 2 N–H and O–H groups in total. The molecule has 0 aromatic rings. The van der Waals surface area contributed by atoms with Crippen molar-refractivity contribution in [2.75, 3.05) is 13.1 Å². The maximum Gasteiger partial charge on any atom is 0.280 e. The minimum Gasteiger partial charge on any atom is -0.312 e. The summed E-state index contributed by atoms with van der Waals surface area (Å²) >= 11 is 0. The predicted octanol–water partition coefficient (Wildman–Crippen LogP) is 1.37. The Morgan fingerprint density at radius 1 is 1.15 bits per heavy atom. The van der Waals surface area contributed by atoms with Gasteiger partial charge in [-0.05, 0) is 51.9 Å². The number of piperidine rings is 1. The summed E-state index contributed by atoms with van der Waals surface area (Å²) in [4.78, 5) is 0. The van der Waals surface area contributed by atoms with E-state index in [1.807, 2.05) is 6.92 Å². The third kappa shape index (κ3) is 3.35. The van der Waals surface area contributed by atoms with E-state index in [0.29, 0.717) is 12.6 Å². The van der Waals surface area contributed by atoms with E-state index >= 15 is 0 Å². The van der Waals surface area contributed by atoms with Crippen LogP contribution in [0.2, 0.25) is 0 Å². The molecule has 1 heterocycles. The Morgan fingerprint density at radius 2 is 1.90 bits per heavy atom. The largest absolute Gasteiger partial charge is 0.312 e. The molecule has 0 spiro atoms. The van der Waals surface area contributed by atoms with Crippen molar-refractivity contribution in [3.63, 3.8) is 0 Å². The Bertz CT molecular complexity index is 443. The Balaban J connectivity index is 1.63. The Labute approximate surface area is 122 Å². The van der Waals surface area contributed by atoms with Crippen LogP contribution in [-0.2, 0) is 10.2 Å². The van der Waals surface area contributed by atoms with Gasteiger partial charge in [0.15, 0.2) is 0 Å². The minimum absolute atomic E-state index is 0.130. The van der Waals surface area contributed by atoms with Crippen LogP contribution in [0.25, 0.3) is 0 Å². The lowest BCUT2D eigenvalue weighted by Gasteiger charge is -2.42. The van der Waals surface area contributed by atoms with E-state index in [2.05, 4.69) is 10.0 Å². The maximum absolute atomic E-state index is 12.7. The topological polar surface area (TPSA) is 61.4 Å². The lowest BCUT2D eigenvalue weighted by Crippen LogP contribution is -2.59. The van der Waals surface area contributed by atoms with Crippen LogP contribution in [-0.4, -0.2) is 43.4 Å². The fraction of sp³-hybridized carbons (Fsp3) is 1.00. The summed E-state index contributed by atoms with van der Waals surface area (Å²) in [6.45, 7) is 3.50. The van der Waals surface area contributed by atoms with Crippen LogP contribution in [0.3, 0.4) is 0 Å². The fourth-order valence-electron chi connectivity index (χ4n) is 3.26. The first-order chi connectivity index (χ1) is 9.49. The molecule has 6 heteroatoms. The van der Waals surface area contributed by atoms with Crippen molar-refractivity contribution in [2.24, 2.45) is 0 Å². The van der Waals surface area contributed by atoms with Crippen molar-refractivity contribution in [3.05, 3.63) is 0 Å². The lowest BCUT2D eigenvalue weighted by atomic mass is 9.80. The zero-order valence-corrected chi connectivity index (χ0v) is 13.2. The van der Waals surface area contributed by atoms with Crippen molar-refractivity contribution in [2.45, 2.75) is 75.9 Å². The molecular formula is C14H27N3O2S. The minimum atomic E-state index is -3.34. The molecule has 0 aromatic carbocycles. The van der Waals surface area contributed by atoms with Gasteiger partial charge in [0.25, 0.3) is 10.2 Å². The number of nitrogens with zero attached hydrogens (tertiary/aromatic N) is 1. The smallest absolute Gasteiger partial charge is 0.280 e. The van der Waals surface area contributed by atoms with Crippen molar-refractivity contribution in [1.82, 2.24) is 14.3 Å². The van der Waals surface area contributed by atoms with E-state index in [4.69, 9.17) is 0 Å². The first kappa shape index (κ1) is 14.8. The second-order valence-electron chi connectivity index (χ2n) is 6.96. The quantitative estimate of drug-likeness (QED) is 0.779. The molecule has 1 saturated heterocycles. The average Bonchev–Trinajstić information content (AvgIpc) is 3.18. The number of rotatable bonds is 6. The normalized spacial score (nSPS) is 30.9. The predicted molar refractivity (Wildman–Crippen MR) is 79.7 cm³/mol. The van der Waals surface area contributed by atoms with E-state index in [0.717, 1.165) is 45.1 Å². The Kier molecular flexibility index (Phi) is 4.10.